The van der Waals surface area contributed by atoms with E-state index in [1.54, 1.807) is 6.07 Å². The fourth-order valence-corrected chi connectivity index (χ4v) is 3.82. The Kier molecular flexibility index (Phi) is 10.2. The molecule has 0 aromatic heterocycles. The van der Waals surface area contributed by atoms with E-state index in [4.69, 9.17) is 5.26 Å². The molecule has 0 radical (unpaired) electrons. The molecule has 1 heterocycles. The smallest absolute Gasteiger partial charge is 0.191 e. The summed E-state index contributed by atoms with van der Waals surface area (Å²) in [6.07, 6.45) is 2.06. The van der Waals surface area contributed by atoms with E-state index < -0.39 is 0 Å². The molecular formula is C24H31FIN5. The van der Waals surface area contributed by atoms with Gasteiger partial charge in [0.15, 0.2) is 5.96 Å². The van der Waals surface area contributed by atoms with Crippen molar-refractivity contribution in [1.82, 2.24) is 15.5 Å². The summed E-state index contributed by atoms with van der Waals surface area (Å²) >= 11 is 0. The van der Waals surface area contributed by atoms with E-state index in [-0.39, 0.29) is 36.3 Å². The molecule has 1 unspecified atom stereocenters. The molecule has 1 fully saturated rings. The minimum absolute atomic E-state index is 0. The standard InChI is InChI=1S/C24H30FN5.HI/c1-3-27-24(28-17-21-15-19(16-26)9-10-23(21)25)29-22-11-13-30(14-12-22)18(2)20-7-5-4-6-8-20;/h4-10,15,18,22H,3,11-14,17H2,1-2H3,(H2,27,28,29);1H. The molecule has 31 heavy (non-hydrogen) atoms. The van der Waals surface area contributed by atoms with Gasteiger partial charge >= 0.3 is 0 Å². The second-order valence-corrected chi connectivity index (χ2v) is 7.65. The van der Waals surface area contributed by atoms with Gasteiger partial charge in [-0.1, -0.05) is 30.3 Å². The molecule has 0 aliphatic carbocycles. The lowest BCUT2D eigenvalue weighted by Crippen LogP contribution is -2.49. The molecule has 2 aromatic rings. The van der Waals surface area contributed by atoms with Gasteiger partial charge in [0.25, 0.3) is 0 Å². The lowest BCUT2D eigenvalue weighted by atomic mass is 10.0. The van der Waals surface area contributed by atoms with Crippen molar-refractivity contribution in [2.45, 2.75) is 45.3 Å². The van der Waals surface area contributed by atoms with Crippen LogP contribution in [0.2, 0.25) is 0 Å². The van der Waals surface area contributed by atoms with Crippen LogP contribution in [0.3, 0.4) is 0 Å². The van der Waals surface area contributed by atoms with Gasteiger partial charge in [0.05, 0.1) is 18.2 Å². The molecule has 2 aromatic carbocycles. The van der Waals surface area contributed by atoms with Crippen molar-refractivity contribution in [2.75, 3.05) is 19.6 Å². The molecule has 7 heteroatoms. The zero-order chi connectivity index (χ0) is 21.3. The number of piperidine rings is 1. The van der Waals surface area contributed by atoms with Crippen molar-refractivity contribution in [3.63, 3.8) is 0 Å². The van der Waals surface area contributed by atoms with Crippen molar-refractivity contribution >= 4 is 29.9 Å². The highest BCUT2D eigenvalue weighted by atomic mass is 127. The van der Waals surface area contributed by atoms with Gasteiger partial charge in [0.2, 0.25) is 0 Å². The fourth-order valence-electron chi connectivity index (χ4n) is 3.82. The van der Waals surface area contributed by atoms with E-state index in [1.165, 1.54) is 17.7 Å². The zero-order valence-corrected chi connectivity index (χ0v) is 20.5. The molecule has 166 valence electrons. The van der Waals surface area contributed by atoms with Gasteiger partial charge in [-0.3, -0.25) is 4.90 Å². The molecular weight excluding hydrogens is 504 g/mol. The summed E-state index contributed by atoms with van der Waals surface area (Å²) in [6, 6.07) is 17.8. The number of hydrogen-bond acceptors (Lipinski definition) is 3. The van der Waals surface area contributed by atoms with Crippen molar-refractivity contribution in [3.05, 3.63) is 71.0 Å². The molecule has 0 saturated carbocycles. The summed E-state index contributed by atoms with van der Waals surface area (Å²) in [4.78, 5) is 7.06. The average Bonchev–Trinajstić information content (AvgIpc) is 2.79. The molecule has 0 amide bonds. The molecule has 1 aliphatic rings. The Balaban J connectivity index is 0.00000341. The largest absolute Gasteiger partial charge is 0.357 e. The van der Waals surface area contributed by atoms with Crippen LogP contribution in [-0.4, -0.2) is 36.5 Å². The maximum absolute atomic E-state index is 14.0. The highest BCUT2D eigenvalue weighted by molar-refractivity contribution is 14.0. The number of likely N-dealkylation sites (tertiary alicyclic amines) is 1. The van der Waals surface area contributed by atoms with Crippen molar-refractivity contribution in [3.8, 4) is 6.07 Å². The van der Waals surface area contributed by atoms with Crippen molar-refractivity contribution < 1.29 is 4.39 Å². The third kappa shape index (κ3) is 7.18. The molecule has 0 bridgehead atoms. The molecule has 0 spiro atoms. The number of guanidine groups is 1. The normalized spacial score (nSPS) is 16.1. The van der Waals surface area contributed by atoms with E-state index in [0.29, 0.717) is 29.2 Å². The van der Waals surface area contributed by atoms with E-state index in [2.05, 4.69) is 57.8 Å². The first kappa shape index (κ1) is 25.1. The Bertz CT molecular complexity index is 889. The highest BCUT2D eigenvalue weighted by Crippen LogP contribution is 2.24. The molecule has 5 nitrogen and oxygen atoms in total. The Morgan fingerprint density at radius 2 is 1.94 bits per heavy atom. The van der Waals surface area contributed by atoms with Crippen LogP contribution in [0.1, 0.15) is 49.4 Å². The Hall–Kier alpha value is -2.18. The van der Waals surface area contributed by atoms with Crippen LogP contribution in [-0.2, 0) is 6.54 Å². The zero-order valence-electron chi connectivity index (χ0n) is 18.1. The topological polar surface area (TPSA) is 63.5 Å². The van der Waals surface area contributed by atoms with Crippen molar-refractivity contribution in [2.24, 2.45) is 4.99 Å². The summed E-state index contributed by atoms with van der Waals surface area (Å²) in [7, 11) is 0. The summed E-state index contributed by atoms with van der Waals surface area (Å²) in [5.41, 5.74) is 2.22. The third-order valence-electron chi connectivity index (χ3n) is 5.63. The van der Waals surface area contributed by atoms with Crippen LogP contribution >= 0.6 is 24.0 Å². The minimum atomic E-state index is -0.336. The Morgan fingerprint density at radius 1 is 1.23 bits per heavy atom. The van der Waals surface area contributed by atoms with Gasteiger partial charge in [-0.25, -0.2) is 9.38 Å². The predicted octanol–water partition coefficient (Wildman–Crippen LogP) is 4.60. The minimum Gasteiger partial charge on any atom is -0.357 e. The lowest BCUT2D eigenvalue weighted by Gasteiger charge is -2.37. The van der Waals surface area contributed by atoms with Crippen LogP contribution in [0, 0.1) is 17.1 Å². The molecule has 1 saturated heterocycles. The van der Waals surface area contributed by atoms with Gasteiger partial charge in [0.1, 0.15) is 5.82 Å². The number of nitrogens with one attached hydrogen (secondary N) is 2. The number of benzene rings is 2. The first-order valence-electron chi connectivity index (χ1n) is 10.6. The van der Waals surface area contributed by atoms with E-state index in [0.717, 1.165) is 32.5 Å². The first-order valence-corrected chi connectivity index (χ1v) is 10.6. The number of aliphatic imine (C=N–C) groups is 1. The summed E-state index contributed by atoms with van der Waals surface area (Å²) in [5, 5.41) is 15.8. The number of hydrogen-bond donors (Lipinski definition) is 2. The highest BCUT2D eigenvalue weighted by Gasteiger charge is 2.24. The molecule has 1 aliphatic heterocycles. The Morgan fingerprint density at radius 3 is 2.58 bits per heavy atom. The predicted molar refractivity (Wildman–Crippen MR) is 134 cm³/mol. The van der Waals surface area contributed by atoms with E-state index in [9.17, 15) is 4.39 Å². The van der Waals surface area contributed by atoms with Gasteiger partial charge < -0.3 is 10.6 Å². The summed E-state index contributed by atoms with van der Waals surface area (Å²) in [6.45, 7) is 7.24. The SMILES string of the molecule is CCNC(=NCc1cc(C#N)ccc1F)NC1CCN(C(C)c2ccccc2)CC1.I. The fraction of sp³-hybridized carbons (Fsp3) is 0.417. The summed E-state index contributed by atoms with van der Waals surface area (Å²) in [5.74, 6) is 0.352. The quantitative estimate of drug-likeness (QED) is 0.323. The average molecular weight is 535 g/mol. The van der Waals surface area contributed by atoms with Crippen molar-refractivity contribution in [1.29, 1.82) is 5.26 Å². The van der Waals surface area contributed by atoms with Gasteiger partial charge in [-0.05, 0) is 50.5 Å². The maximum Gasteiger partial charge on any atom is 0.191 e. The maximum atomic E-state index is 14.0. The number of rotatable bonds is 6. The molecule has 1 atom stereocenters. The second kappa shape index (κ2) is 12.6. The van der Waals surface area contributed by atoms with Gasteiger partial charge in [0, 0.05) is 37.3 Å². The van der Waals surface area contributed by atoms with Crippen LogP contribution < -0.4 is 10.6 Å². The van der Waals surface area contributed by atoms with Crippen LogP contribution in [0.25, 0.3) is 0 Å². The molecule has 2 N–H and O–H groups in total. The van der Waals surface area contributed by atoms with Crippen LogP contribution in [0.4, 0.5) is 4.39 Å². The second-order valence-electron chi connectivity index (χ2n) is 7.65. The molecule has 3 rings (SSSR count). The lowest BCUT2D eigenvalue weighted by molar-refractivity contribution is 0.158. The van der Waals surface area contributed by atoms with Gasteiger partial charge in [-0.15, -0.1) is 24.0 Å². The van der Waals surface area contributed by atoms with E-state index >= 15 is 0 Å². The van der Waals surface area contributed by atoms with E-state index in [1.807, 2.05) is 13.0 Å². The van der Waals surface area contributed by atoms with Gasteiger partial charge in [-0.2, -0.15) is 5.26 Å². The van der Waals surface area contributed by atoms with Crippen LogP contribution in [0.15, 0.2) is 53.5 Å². The summed E-state index contributed by atoms with van der Waals surface area (Å²) < 4.78 is 14.0. The number of nitrogens with zero attached hydrogens (tertiary/aromatic N) is 3. The number of halogens is 2. The number of nitriles is 1. The third-order valence-corrected chi connectivity index (χ3v) is 5.63. The first-order chi connectivity index (χ1) is 14.6. The monoisotopic (exact) mass is 535 g/mol. The Labute approximate surface area is 201 Å². The van der Waals surface area contributed by atoms with Crippen LogP contribution in [0.5, 0.6) is 0 Å².